The van der Waals surface area contributed by atoms with Crippen molar-refractivity contribution in [2.75, 3.05) is 0 Å². The maximum Gasteiger partial charge on any atom is 0.273 e. The molecule has 0 amide bonds. The number of nitrogens with zero attached hydrogens (tertiary/aromatic N) is 2. The molecule has 0 atom stereocenters. The number of hydrogen-bond donors (Lipinski definition) is 0. The molecule has 4 heteroatoms. The Morgan fingerprint density at radius 3 is 2.46 bits per heavy atom. The highest BCUT2D eigenvalue weighted by Crippen LogP contribution is 2.41. The minimum absolute atomic E-state index is 0.225. The van der Waals surface area contributed by atoms with E-state index in [1.807, 2.05) is 30.5 Å². The Balaban J connectivity index is 1.84. The number of aryl methyl sites for hydroxylation is 1. The molecule has 0 aliphatic heterocycles. The Morgan fingerprint density at radius 1 is 1.12 bits per heavy atom. The lowest BCUT2D eigenvalue weighted by atomic mass is 9.76. The van der Waals surface area contributed by atoms with Crippen molar-refractivity contribution < 1.29 is 4.92 Å². The van der Waals surface area contributed by atoms with Crippen molar-refractivity contribution in [1.29, 1.82) is 0 Å². The summed E-state index contributed by atoms with van der Waals surface area (Å²) in [4.78, 5) is 15.9. The monoisotopic (exact) mass is 352 g/mol. The van der Waals surface area contributed by atoms with Gasteiger partial charge in [-0.2, -0.15) is 0 Å². The van der Waals surface area contributed by atoms with Gasteiger partial charge in [0.05, 0.1) is 10.6 Å². The fourth-order valence-corrected chi connectivity index (χ4v) is 4.18. The molecule has 2 aromatic rings. The van der Waals surface area contributed by atoms with Crippen molar-refractivity contribution in [2.24, 2.45) is 5.92 Å². The van der Waals surface area contributed by atoms with E-state index in [-0.39, 0.29) is 10.6 Å². The van der Waals surface area contributed by atoms with Gasteiger partial charge in [0.2, 0.25) is 0 Å². The maximum atomic E-state index is 11.7. The number of rotatable bonds is 6. The largest absolute Gasteiger partial charge is 0.273 e. The molecule has 0 unspecified atom stereocenters. The molecule has 0 N–H and O–H groups in total. The summed E-state index contributed by atoms with van der Waals surface area (Å²) in [7, 11) is 0. The lowest BCUT2D eigenvalue weighted by Gasteiger charge is -2.28. The number of nitro benzene ring substituents is 1. The fourth-order valence-electron chi connectivity index (χ4n) is 4.18. The number of pyridine rings is 1. The van der Waals surface area contributed by atoms with E-state index in [0.717, 1.165) is 42.0 Å². The summed E-state index contributed by atoms with van der Waals surface area (Å²) in [6.45, 7) is 4.32. The first kappa shape index (κ1) is 18.6. The van der Waals surface area contributed by atoms with Gasteiger partial charge in [-0.15, -0.1) is 0 Å². The Kier molecular flexibility index (Phi) is 6.02. The summed E-state index contributed by atoms with van der Waals surface area (Å²) in [5.41, 5.74) is 3.94. The molecule has 0 radical (unpaired) electrons. The molecular weight excluding hydrogens is 324 g/mol. The Hall–Kier alpha value is -2.23. The molecule has 0 spiro atoms. The number of hydrogen-bond acceptors (Lipinski definition) is 3. The lowest BCUT2D eigenvalue weighted by molar-refractivity contribution is -0.385. The summed E-state index contributed by atoms with van der Waals surface area (Å²) < 4.78 is 0. The predicted octanol–water partition coefficient (Wildman–Crippen LogP) is 6.29. The van der Waals surface area contributed by atoms with Crippen molar-refractivity contribution in [3.05, 3.63) is 57.8 Å². The van der Waals surface area contributed by atoms with E-state index in [9.17, 15) is 10.1 Å². The minimum Gasteiger partial charge on any atom is -0.258 e. The standard InChI is InChI=1S/C22H28N2O2/c1-3-5-17-6-9-18(10-7-17)20-12-11-19(14-22(20)24(25)26)21-13-8-16(4-2)15-23-21/h8,11-15,17-18H,3-7,9-10H2,1-2H3. The van der Waals surface area contributed by atoms with Crippen LogP contribution in [0.15, 0.2) is 36.5 Å². The van der Waals surface area contributed by atoms with Crippen LogP contribution in [0.4, 0.5) is 5.69 Å². The quantitative estimate of drug-likeness (QED) is 0.453. The number of benzene rings is 1. The summed E-state index contributed by atoms with van der Waals surface area (Å²) in [6.07, 6.45) is 9.82. The molecule has 138 valence electrons. The van der Waals surface area contributed by atoms with E-state index >= 15 is 0 Å². The topological polar surface area (TPSA) is 56.0 Å². The van der Waals surface area contributed by atoms with E-state index in [0.29, 0.717) is 5.92 Å². The first-order valence-corrected chi connectivity index (χ1v) is 9.86. The third-order valence-corrected chi connectivity index (χ3v) is 5.74. The van der Waals surface area contributed by atoms with Gasteiger partial charge in [-0.25, -0.2) is 0 Å². The SMILES string of the molecule is CCCC1CCC(c2ccc(-c3ccc(CC)cn3)cc2[N+](=O)[O-])CC1. The highest BCUT2D eigenvalue weighted by atomic mass is 16.6. The van der Waals surface area contributed by atoms with Crippen LogP contribution < -0.4 is 0 Å². The minimum atomic E-state index is -0.225. The van der Waals surface area contributed by atoms with Crippen LogP contribution in [0.1, 0.15) is 69.4 Å². The van der Waals surface area contributed by atoms with Gasteiger partial charge in [-0.05, 0) is 55.6 Å². The van der Waals surface area contributed by atoms with Crippen LogP contribution in [0, 0.1) is 16.0 Å². The van der Waals surface area contributed by atoms with Gasteiger partial charge in [0.25, 0.3) is 5.69 Å². The second-order valence-electron chi connectivity index (χ2n) is 7.44. The second kappa shape index (κ2) is 8.43. The third kappa shape index (κ3) is 4.12. The number of nitro groups is 1. The predicted molar refractivity (Wildman–Crippen MR) is 105 cm³/mol. The van der Waals surface area contributed by atoms with Gasteiger partial charge in [0.15, 0.2) is 0 Å². The normalized spacial score (nSPS) is 20.1. The summed E-state index contributed by atoms with van der Waals surface area (Å²) >= 11 is 0. The Labute approximate surface area is 155 Å². The molecule has 1 saturated carbocycles. The molecule has 1 heterocycles. The summed E-state index contributed by atoms with van der Waals surface area (Å²) in [6, 6.07) is 9.66. The van der Waals surface area contributed by atoms with Crippen molar-refractivity contribution in [2.45, 2.75) is 64.7 Å². The van der Waals surface area contributed by atoms with Gasteiger partial charge in [0.1, 0.15) is 0 Å². The van der Waals surface area contributed by atoms with Gasteiger partial charge in [-0.1, -0.05) is 44.9 Å². The number of aromatic nitrogens is 1. The molecule has 1 fully saturated rings. The highest BCUT2D eigenvalue weighted by Gasteiger charge is 2.27. The van der Waals surface area contributed by atoms with E-state index in [4.69, 9.17) is 0 Å². The van der Waals surface area contributed by atoms with E-state index in [1.54, 1.807) is 6.07 Å². The molecular formula is C22H28N2O2. The van der Waals surface area contributed by atoms with Crippen molar-refractivity contribution in [1.82, 2.24) is 4.98 Å². The van der Waals surface area contributed by atoms with Crippen LogP contribution >= 0.6 is 0 Å². The fraction of sp³-hybridized carbons (Fsp3) is 0.500. The van der Waals surface area contributed by atoms with Crippen LogP contribution in [-0.2, 0) is 6.42 Å². The smallest absolute Gasteiger partial charge is 0.258 e. The van der Waals surface area contributed by atoms with Crippen molar-refractivity contribution in [3.8, 4) is 11.3 Å². The molecule has 0 bridgehead atoms. The van der Waals surface area contributed by atoms with Crippen LogP contribution in [0.5, 0.6) is 0 Å². The first-order valence-electron chi connectivity index (χ1n) is 9.86. The van der Waals surface area contributed by atoms with Gasteiger partial charge >= 0.3 is 0 Å². The van der Waals surface area contributed by atoms with Crippen LogP contribution in [0.2, 0.25) is 0 Å². The average molecular weight is 352 g/mol. The van der Waals surface area contributed by atoms with Crippen LogP contribution in [0.3, 0.4) is 0 Å². The van der Waals surface area contributed by atoms with E-state index in [1.165, 1.54) is 31.2 Å². The zero-order valence-electron chi connectivity index (χ0n) is 15.8. The highest BCUT2D eigenvalue weighted by molar-refractivity contribution is 5.64. The molecule has 4 nitrogen and oxygen atoms in total. The lowest BCUT2D eigenvalue weighted by Crippen LogP contribution is -2.14. The molecule has 1 aromatic heterocycles. The summed E-state index contributed by atoms with van der Waals surface area (Å²) in [5.74, 6) is 1.11. The molecule has 0 saturated heterocycles. The van der Waals surface area contributed by atoms with Crippen LogP contribution in [-0.4, -0.2) is 9.91 Å². The Bertz CT molecular complexity index is 747. The van der Waals surface area contributed by atoms with Gasteiger partial charge in [-0.3, -0.25) is 15.1 Å². The van der Waals surface area contributed by atoms with Crippen molar-refractivity contribution in [3.63, 3.8) is 0 Å². The first-order chi connectivity index (χ1) is 12.6. The molecule has 1 aliphatic rings. The second-order valence-corrected chi connectivity index (χ2v) is 7.44. The molecule has 1 aromatic carbocycles. The third-order valence-electron chi connectivity index (χ3n) is 5.74. The van der Waals surface area contributed by atoms with Gasteiger partial charge < -0.3 is 0 Å². The van der Waals surface area contributed by atoms with E-state index in [2.05, 4.69) is 18.8 Å². The molecule has 3 rings (SSSR count). The zero-order chi connectivity index (χ0) is 18.5. The maximum absolute atomic E-state index is 11.7. The van der Waals surface area contributed by atoms with E-state index < -0.39 is 0 Å². The average Bonchev–Trinajstić information content (AvgIpc) is 2.68. The van der Waals surface area contributed by atoms with Crippen molar-refractivity contribution >= 4 is 5.69 Å². The Morgan fingerprint density at radius 2 is 1.88 bits per heavy atom. The van der Waals surface area contributed by atoms with Crippen LogP contribution in [0.25, 0.3) is 11.3 Å². The molecule has 26 heavy (non-hydrogen) atoms. The summed E-state index contributed by atoms with van der Waals surface area (Å²) in [5, 5.41) is 11.7. The van der Waals surface area contributed by atoms with Gasteiger partial charge in [0, 0.05) is 23.4 Å². The molecule has 1 aliphatic carbocycles. The zero-order valence-corrected chi connectivity index (χ0v) is 15.8.